The molecule has 0 radical (unpaired) electrons. The normalized spacial score (nSPS) is 14.9. The number of carbonyl (C=O) groups excluding carboxylic acids is 2. The molecule has 4 rings (SSSR count). The molecule has 0 spiro atoms. The zero-order chi connectivity index (χ0) is 20.4. The second-order valence-electron chi connectivity index (χ2n) is 6.58. The van der Waals surface area contributed by atoms with Gasteiger partial charge in [0.25, 0.3) is 5.91 Å². The van der Waals surface area contributed by atoms with Gasteiger partial charge in [-0.15, -0.1) is 22.7 Å². The lowest BCUT2D eigenvalue weighted by Crippen LogP contribution is -2.50. The Hall–Kier alpha value is -2.27. The van der Waals surface area contributed by atoms with Crippen molar-refractivity contribution in [1.82, 2.24) is 19.9 Å². The van der Waals surface area contributed by atoms with Crippen molar-refractivity contribution in [2.75, 3.05) is 38.0 Å². The third-order valence-corrected chi connectivity index (χ3v) is 6.67. The number of halogens is 1. The molecular weight excluding hydrogens is 434 g/mol. The maximum Gasteiger partial charge on any atom is 0.273 e. The number of aromatic nitrogens is 2. The van der Waals surface area contributed by atoms with Crippen LogP contribution in [-0.4, -0.2) is 64.5 Å². The number of carbonyl (C=O) groups is 2. The van der Waals surface area contributed by atoms with E-state index in [1.54, 1.807) is 23.3 Å². The maximum absolute atomic E-state index is 12.8. The lowest BCUT2D eigenvalue weighted by Gasteiger charge is -2.33. The van der Waals surface area contributed by atoms with Gasteiger partial charge in [0.2, 0.25) is 5.91 Å². The summed E-state index contributed by atoms with van der Waals surface area (Å²) in [7, 11) is 0. The molecule has 29 heavy (non-hydrogen) atoms. The summed E-state index contributed by atoms with van der Waals surface area (Å²) in [5.74, 6) is 0.807. The van der Waals surface area contributed by atoms with Gasteiger partial charge in [0.05, 0.1) is 15.8 Å². The number of aryl methyl sites for hydroxylation is 1. The number of nitrogens with one attached hydrogen (secondary N) is 1. The zero-order valence-electron chi connectivity index (χ0n) is 15.6. The molecule has 11 heteroatoms. The van der Waals surface area contributed by atoms with Crippen LogP contribution in [0.5, 0.6) is 0 Å². The molecule has 0 bridgehead atoms. The predicted molar refractivity (Wildman–Crippen MR) is 113 cm³/mol. The first-order valence-corrected chi connectivity index (χ1v) is 11.0. The number of hydrogen-bond donors (Lipinski definition) is 1. The summed E-state index contributed by atoms with van der Waals surface area (Å²) in [5, 5.41) is 9.04. The Balaban J connectivity index is 1.28. The number of hydrogen-bond acceptors (Lipinski definition) is 8. The molecule has 4 heterocycles. The molecule has 0 aliphatic carbocycles. The van der Waals surface area contributed by atoms with Gasteiger partial charge in [-0.05, 0) is 19.1 Å². The molecule has 1 aliphatic rings. The highest BCUT2D eigenvalue weighted by molar-refractivity contribution is 7.23. The Morgan fingerprint density at radius 1 is 1.28 bits per heavy atom. The molecule has 0 unspecified atom stereocenters. The van der Waals surface area contributed by atoms with E-state index in [1.807, 2.05) is 17.0 Å². The minimum absolute atomic E-state index is 0.0858. The van der Waals surface area contributed by atoms with Gasteiger partial charge in [0, 0.05) is 37.6 Å². The number of amides is 2. The number of piperazine rings is 1. The SMILES string of the molecule is Cc1cc(NC(=O)CN2CCN(C(=O)c3csc(-c4ccc(Cl)s4)n3)CC2)no1. The van der Waals surface area contributed by atoms with Crippen LogP contribution in [0.2, 0.25) is 4.34 Å². The van der Waals surface area contributed by atoms with E-state index in [9.17, 15) is 9.59 Å². The fourth-order valence-electron chi connectivity index (χ4n) is 3.00. The minimum atomic E-state index is -0.156. The van der Waals surface area contributed by atoms with E-state index < -0.39 is 0 Å². The van der Waals surface area contributed by atoms with Gasteiger partial charge < -0.3 is 14.7 Å². The Labute approximate surface area is 180 Å². The summed E-state index contributed by atoms with van der Waals surface area (Å²) in [4.78, 5) is 34.1. The van der Waals surface area contributed by atoms with Crippen molar-refractivity contribution in [1.29, 1.82) is 0 Å². The molecule has 3 aromatic heterocycles. The summed E-state index contributed by atoms with van der Waals surface area (Å²) < 4.78 is 5.63. The van der Waals surface area contributed by atoms with Gasteiger partial charge in [-0.25, -0.2) is 4.98 Å². The van der Waals surface area contributed by atoms with Gasteiger partial charge in [-0.3, -0.25) is 14.5 Å². The zero-order valence-corrected chi connectivity index (χ0v) is 17.9. The van der Waals surface area contributed by atoms with E-state index in [0.29, 0.717) is 47.8 Å². The highest BCUT2D eigenvalue weighted by Gasteiger charge is 2.25. The molecule has 1 fully saturated rings. The monoisotopic (exact) mass is 451 g/mol. The fourth-order valence-corrected chi connectivity index (χ4v) is 4.91. The topological polar surface area (TPSA) is 91.6 Å². The van der Waals surface area contributed by atoms with Crippen LogP contribution in [0.15, 0.2) is 28.1 Å². The molecule has 0 atom stereocenters. The maximum atomic E-state index is 12.8. The fraction of sp³-hybridized carbons (Fsp3) is 0.333. The van der Waals surface area contributed by atoms with Crippen LogP contribution in [0.3, 0.4) is 0 Å². The Morgan fingerprint density at radius 3 is 2.72 bits per heavy atom. The standard InChI is InChI=1S/C18H18ClN5O3S2/c1-11-8-15(22-27-11)21-16(25)9-23-4-6-24(7-5-23)18(26)12-10-28-17(20-12)13-2-3-14(19)29-13/h2-3,8,10H,4-7,9H2,1H3,(H,21,22,25). The highest BCUT2D eigenvalue weighted by atomic mass is 35.5. The van der Waals surface area contributed by atoms with E-state index >= 15 is 0 Å². The van der Waals surface area contributed by atoms with E-state index in [1.165, 1.54) is 22.7 Å². The van der Waals surface area contributed by atoms with Crippen molar-refractivity contribution in [3.05, 3.63) is 39.4 Å². The van der Waals surface area contributed by atoms with Gasteiger partial charge in [-0.1, -0.05) is 16.8 Å². The van der Waals surface area contributed by atoms with Gasteiger partial charge in [0.1, 0.15) is 16.5 Å². The summed E-state index contributed by atoms with van der Waals surface area (Å²) in [6, 6.07) is 5.40. The first-order chi connectivity index (χ1) is 14.0. The average Bonchev–Trinajstić information content (AvgIpc) is 3.43. The number of rotatable bonds is 5. The van der Waals surface area contributed by atoms with Crippen LogP contribution in [0, 0.1) is 6.92 Å². The molecule has 0 aromatic carbocycles. The first-order valence-electron chi connectivity index (χ1n) is 8.94. The average molecular weight is 452 g/mol. The van der Waals surface area contributed by atoms with E-state index in [-0.39, 0.29) is 18.4 Å². The van der Waals surface area contributed by atoms with Crippen molar-refractivity contribution >= 4 is 51.9 Å². The number of nitrogens with zero attached hydrogens (tertiary/aromatic N) is 4. The second kappa shape index (κ2) is 8.62. The second-order valence-corrected chi connectivity index (χ2v) is 9.15. The predicted octanol–water partition coefficient (Wildman–Crippen LogP) is 3.22. The Kier molecular flexibility index (Phi) is 5.95. The summed E-state index contributed by atoms with van der Waals surface area (Å²) >= 11 is 8.86. The molecule has 1 aliphatic heterocycles. The lowest BCUT2D eigenvalue weighted by molar-refractivity contribution is -0.117. The van der Waals surface area contributed by atoms with Crippen molar-refractivity contribution < 1.29 is 14.1 Å². The molecular formula is C18H18ClN5O3S2. The van der Waals surface area contributed by atoms with Crippen LogP contribution >= 0.6 is 34.3 Å². The molecule has 2 amide bonds. The van der Waals surface area contributed by atoms with Crippen LogP contribution in [-0.2, 0) is 4.79 Å². The van der Waals surface area contributed by atoms with E-state index in [4.69, 9.17) is 16.1 Å². The van der Waals surface area contributed by atoms with E-state index in [0.717, 1.165) is 9.88 Å². The highest BCUT2D eigenvalue weighted by Crippen LogP contribution is 2.33. The molecule has 0 saturated carbocycles. The molecule has 1 N–H and O–H groups in total. The molecule has 8 nitrogen and oxygen atoms in total. The van der Waals surface area contributed by atoms with Gasteiger partial charge in [0.15, 0.2) is 5.82 Å². The largest absolute Gasteiger partial charge is 0.360 e. The van der Waals surface area contributed by atoms with Crippen LogP contribution in [0.1, 0.15) is 16.2 Å². The third-order valence-electron chi connectivity index (χ3n) is 4.43. The lowest BCUT2D eigenvalue weighted by atomic mass is 10.3. The minimum Gasteiger partial charge on any atom is -0.360 e. The third kappa shape index (κ3) is 4.84. The molecule has 1 saturated heterocycles. The van der Waals surface area contributed by atoms with Crippen LogP contribution in [0.25, 0.3) is 9.88 Å². The van der Waals surface area contributed by atoms with Crippen molar-refractivity contribution in [2.24, 2.45) is 0 Å². The van der Waals surface area contributed by atoms with E-state index in [2.05, 4.69) is 15.5 Å². The van der Waals surface area contributed by atoms with Crippen molar-refractivity contribution in [2.45, 2.75) is 6.92 Å². The smallest absolute Gasteiger partial charge is 0.273 e. The summed E-state index contributed by atoms with van der Waals surface area (Å²) in [6.45, 7) is 4.34. The molecule has 3 aromatic rings. The van der Waals surface area contributed by atoms with Crippen molar-refractivity contribution in [3.8, 4) is 9.88 Å². The first kappa shape index (κ1) is 20.0. The number of thiophene rings is 1. The summed E-state index contributed by atoms with van der Waals surface area (Å²) in [6.07, 6.45) is 0. The summed E-state index contributed by atoms with van der Waals surface area (Å²) in [5.41, 5.74) is 0.446. The van der Waals surface area contributed by atoms with Crippen molar-refractivity contribution in [3.63, 3.8) is 0 Å². The number of thiazole rings is 1. The van der Waals surface area contributed by atoms with Crippen LogP contribution < -0.4 is 5.32 Å². The molecule has 152 valence electrons. The van der Waals surface area contributed by atoms with Crippen LogP contribution in [0.4, 0.5) is 5.82 Å². The number of anilines is 1. The quantitative estimate of drug-likeness (QED) is 0.640. The Morgan fingerprint density at radius 2 is 2.07 bits per heavy atom. The van der Waals surface area contributed by atoms with Gasteiger partial charge in [-0.2, -0.15) is 0 Å². The Bertz CT molecular complexity index is 1020. The van der Waals surface area contributed by atoms with Gasteiger partial charge >= 0.3 is 0 Å².